The van der Waals surface area contributed by atoms with Crippen molar-refractivity contribution < 1.29 is 14.3 Å². The summed E-state index contributed by atoms with van der Waals surface area (Å²) in [5, 5.41) is 6.96. The Bertz CT molecular complexity index is 798. The second kappa shape index (κ2) is 9.40. The van der Waals surface area contributed by atoms with E-state index < -0.39 is 5.97 Å². The van der Waals surface area contributed by atoms with E-state index in [0.717, 1.165) is 11.3 Å². The maximum atomic E-state index is 11.6. The summed E-state index contributed by atoms with van der Waals surface area (Å²) < 4.78 is 10.5. The molecule has 0 heterocycles. The molecule has 0 bridgehead atoms. The predicted molar refractivity (Wildman–Crippen MR) is 108 cm³/mol. The highest BCUT2D eigenvalue weighted by molar-refractivity contribution is 7.80. The van der Waals surface area contributed by atoms with E-state index in [9.17, 15) is 4.79 Å². The first-order valence-corrected chi connectivity index (χ1v) is 8.83. The van der Waals surface area contributed by atoms with Crippen LogP contribution in [-0.4, -0.2) is 30.8 Å². The molecule has 2 aromatic rings. The molecule has 26 heavy (non-hydrogen) atoms. The molecular formula is C19H21ClN2O3S. The molecule has 0 fully saturated rings. The van der Waals surface area contributed by atoms with Gasteiger partial charge in [-0.15, -0.1) is 0 Å². The molecule has 7 heteroatoms. The maximum Gasteiger partial charge on any atom is 0.337 e. The molecule has 2 N–H and O–H groups in total. The summed E-state index contributed by atoms with van der Waals surface area (Å²) in [7, 11) is 1.33. The van der Waals surface area contributed by atoms with Gasteiger partial charge in [0.2, 0.25) is 0 Å². The van der Waals surface area contributed by atoms with Crippen LogP contribution in [0.4, 0.5) is 5.69 Å². The normalized spacial score (nSPS) is 11.4. The van der Waals surface area contributed by atoms with E-state index >= 15 is 0 Å². The van der Waals surface area contributed by atoms with Crippen molar-refractivity contribution in [2.24, 2.45) is 0 Å². The molecule has 0 aliphatic carbocycles. The number of hydrogen-bond donors (Lipinski definition) is 2. The molecule has 138 valence electrons. The average Bonchev–Trinajstić information content (AvgIpc) is 2.62. The van der Waals surface area contributed by atoms with Crippen LogP contribution in [0.1, 0.15) is 22.8 Å². The SMILES string of the molecule is COC(=O)c1ccc(Cl)c(NC(=S)N[C@@H](C)COc2ccccc2C)c1. The van der Waals surface area contributed by atoms with E-state index in [-0.39, 0.29) is 6.04 Å². The van der Waals surface area contributed by atoms with Crippen LogP contribution in [0.2, 0.25) is 5.02 Å². The zero-order chi connectivity index (χ0) is 19.1. The number of benzene rings is 2. The molecule has 0 radical (unpaired) electrons. The lowest BCUT2D eigenvalue weighted by Crippen LogP contribution is -2.39. The van der Waals surface area contributed by atoms with Crippen molar-refractivity contribution >= 4 is 40.6 Å². The Morgan fingerprint density at radius 3 is 2.69 bits per heavy atom. The molecule has 0 saturated carbocycles. The van der Waals surface area contributed by atoms with Crippen LogP contribution in [0.5, 0.6) is 5.75 Å². The molecular weight excluding hydrogens is 372 g/mol. The highest BCUT2D eigenvalue weighted by atomic mass is 35.5. The molecule has 1 atom stereocenters. The Labute approximate surface area is 163 Å². The fourth-order valence-corrected chi connectivity index (χ4v) is 2.70. The van der Waals surface area contributed by atoms with Crippen molar-refractivity contribution in [3.05, 3.63) is 58.6 Å². The van der Waals surface area contributed by atoms with Gasteiger partial charge in [-0.2, -0.15) is 0 Å². The Balaban J connectivity index is 1.91. The third-order valence-electron chi connectivity index (χ3n) is 3.60. The van der Waals surface area contributed by atoms with Crippen LogP contribution in [-0.2, 0) is 4.74 Å². The van der Waals surface area contributed by atoms with Gasteiger partial charge in [-0.3, -0.25) is 0 Å². The number of nitrogens with one attached hydrogen (secondary N) is 2. The zero-order valence-electron chi connectivity index (χ0n) is 14.8. The lowest BCUT2D eigenvalue weighted by atomic mass is 10.2. The zero-order valence-corrected chi connectivity index (χ0v) is 16.4. The number of carbonyl (C=O) groups is 1. The van der Waals surface area contributed by atoms with Crippen molar-refractivity contribution in [3.8, 4) is 5.75 Å². The molecule has 0 aliphatic rings. The van der Waals surface area contributed by atoms with Gasteiger partial charge in [-0.25, -0.2) is 4.79 Å². The Morgan fingerprint density at radius 2 is 2.00 bits per heavy atom. The minimum absolute atomic E-state index is 0.0304. The number of thiocarbonyl (C=S) groups is 1. The van der Waals surface area contributed by atoms with E-state index in [1.54, 1.807) is 18.2 Å². The highest BCUT2D eigenvalue weighted by Crippen LogP contribution is 2.23. The lowest BCUT2D eigenvalue weighted by molar-refractivity contribution is 0.0601. The largest absolute Gasteiger partial charge is 0.491 e. The minimum atomic E-state index is -0.441. The number of aryl methyl sites for hydroxylation is 1. The molecule has 5 nitrogen and oxygen atoms in total. The number of halogens is 1. The van der Waals surface area contributed by atoms with Gasteiger partial charge in [-0.1, -0.05) is 29.8 Å². The first-order chi connectivity index (χ1) is 12.4. The van der Waals surface area contributed by atoms with Gasteiger partial charge >= 0.3 is 5.97 Å². The fraction of sp³-hybridized carbons (Fsp3) is 0.263. The van der Waals surface area contributed by atoms with Gasteiger partial charge < -0.3 is 20.1 Å². The van der Waals surface area contributed by atoms with Crippen LogP contribution < -0.4 is 15.4 Å². The Hall–Kier alpha value is -2.31. The van der Waals surface area contributed by atoms with Crippen molar-refractivity contribution in [3.63, 3.8) is 0 Å². The van der Waals surface area contributed by atoms with E-state index in [1.165, 1.54) is 7.11 Å². The molecule has 0 saturated heterocycles. The third kappa shape index (κ3) is 5.61. The summed E-state index contributed by atoms with van der Waals surface area (Å²) in [6.07, 6.45) is 0. The summed E-state index contributed by atoms with van der Waals surface area (Å²) in [5.41, 5.74) is 1.99. The molecule has 0 amide bonds. The van der Waals surface area contributed by atoms with Gasteiger partial charge in [-0.05, 0) is 55.9 Å². The van der Waals surface area contributed by atoms with E-state index in [2.05, 4.69) is 10.6 Å². The highest BCUT2D eigenvalue weighted by Gasteiger charge is 2.11. The van der Waals surface area contributed by atoms with Gasteiger partial charge in [0, 0.05) is 0 Å². The number of carbonyl (C=O) groups excluding carboxylic acids is 1. The maximum absolute atomic E-state index is 11.6. The number of hydrogen-bond acceptors (Lipinski definition) is 4. The Morgan fingerprint density at radius 1 is 1.27 bits per heavy atom. The predicted octanol–water partition coefficient (Wildman–Crippen LogP) is 4.19. The third-order valence-corrected chi connectivity index (χ3v) is 4.15. The summed E-state index contributed by atoms with van der Waals surface area (Å²) >= 11 is 11.5. The number of esters is 1. The number of anilines is 1. The second-order valence-electron chi connectivity index (χ2n) is 5.76. The molecule has 0 unspecified atom stereocenters. The van der Waals surface area contributed by atoms with Crippen LogP contribution in [0.3, 0.4) is 0 Å². The number of ether oxygens (including phenoxy) is 2. The summed E-state index contributed by atoms with van der Waals surface area (Å²) in [6, 6.07) is 12.6. The van der Waals surface area contributed by atoms with Crippen molar-refractivity contribution in [1.29, 1.82) is 0 Å². The standard InChI is InChI=1S/C19H21ClN2O3S/c1-12-6-4-5-7-17(12)25-11-13(2)21-19(26)22-16-10-14(18(23)24-3)8-9-15(16)20/h4-10,13H,11H2,1-3H3,(H2,21,22,26)/t13-/m0/s1. The summed E-state index contributed by atoms with van der Waals surface area (Å²) in [6.45, 7) is 4.40. The lowest BCUT2D eigenvalue weighted by Gasteiger charge is -2.19. The van der Waals surface area contributed by atoms with Crippen LogP contribution in [0.15, 0.2) is 42.5 Å². The smallest absolute Gasteiger partial charge is 0.337 e. The van der Waals surface area contributed by atoms with Crippen LogP contribution >= 0.6 is 23.8 Å². The van der Waals surface area contributed by atoms with Crippen LogP contribution in [0, 0.1) is 6.92 Å². The van der Waals surface area contributed by atoms with Crippen molar-refractivity contribution in [2.75, 3.05) is 19.0 Å². The first-order valence-electron chi connectivity index (χ1n) is 8.04. The second-order valence-corrected chi connectivity index (χ2v) is 6.58. The molecule has 0 spiro atoms. The fourth-order valence-electron chi connectivity index (χ4n) is 2.22. The minimum Gasteiger partial charge on any atom is -0.491 e. The van der Waals surface area contributed by atoms with Crippen LogP contribution in [0.25, 0.3) is 0 Å². The van der Waals surface area contributed by atoms with Gasteiger partial charge in [0.1, 0.15) is 12.4 Å². The Kier molecular flexibility index (Phi) is 7.24. The average molecular weight is 393 g/mol. The molecule has 2 rings (SSSR count). The van der Waals surface area contributed by atoms with E-state index in [0.29, 0.717) is 28.0 Å². The number of rotatable bonds is 6. The quantitative estimate of drug-likeness (QED) is 0.567. The molecule has 2 aromatic carbocycles. The van der Waals surface area contributed by atoms with Gasteiger partial charge in [0.05, 0.1) is 29.4 Å². The van der Waals surface area contributed by atoms with E-state index in [1.807, 2.05) is 38.1 Å². The molecule has 0 aromatic heterocycles. The summed E-state index contributed by atoms with van der Waals surface area (Å²) in [4.78, 5) is 11.6. The number of methoxy groups -OCH3 is 1. The summed E-state index contributed by atoms with van der Waals surface area (Å²) in [5.74, 6) is 0.400. The first kappa shape index (κ1) is 20.0. The molecule has 0 aliphatic heterocycles. The number of para-hydroxylation sites is 1. The monoisotopic (exact) mass is 392 g/mol. The van der Waals surface area contributed by atoms with Gasteiger partial charge in [0.25, 0.3) is 0 Å². The topological polar surface area (TPSA) is 59.6 Å². The van der Waals surface area contributed by atoms with Crippen molar-refractivity contribution in [2.45, 2.75) is 19.9 Å². The van der Waals surface area contributed by atoms with Gasteiger partial charge in [0.15, 0.2) is 5.11 Å². The van der Waals surface area contributed by atoms with E-state index in [4.69, 9.17) is 33.3 Å². The van der Waals surface area contributed by atoms with Crippen molar-refractivity contribution in [1.82, 2.24) is 5.32 Å².